The zero-order chi connectivity index (χ0) is 21.9. The van der Waals surface area contributed by atoms with Crippen LogP contribution >= 0.6 is 0 Å². The SMILES string of the molecule is CN1c2nccc(n2)Nc2cc([nH]n2)C2CC(C2)[N+](C(N)=O)(C2CCC2)C2CCC1CC2. The lowest BCUT2D eigenvalue weighted by Gasteiger charge is -2.58. The fourth-order valence-electron chi connectivity index (χ4n) is 6.80. The van der Waals surface area contributed by atoms with Gasteiger partial charge in [0.15, 0.2) is 5.82 Å². The number of H-pyrrole nitrogens is 1. The first-order valence-electron chi connectivity index (χ1n) is 12.1. The van der Waals surface area contributed by atoms with Gasteiger partial charge in [0.05, 0.1) is 18.1 Å². The van der Waals surface area contributed by atoms with Crippen LogP contribution in [0, 0.1) is 0 Å². The van der Waals surface area contributed by atoms with E-state index in [1.54, 1.807) is 6.20 Å². The summed E-state index contributed by atoms with van der Waals surface area (Å²) in [5.74, 6) is 2.63. The van der Waals surface area contributed by atoms with Gasteiger partial charge in [0, 0.05) is 75.5 Å². The highest BCUT2D eigenvalue weighted by molar-refractivity contribution is 5.65. The Labute approximate surface area is 188 Å². The van der Waals surface area contributed by atoms with Gasteiger partial charge in [0.2, 0.25) is 5.95 Å². The predicted molar refractivity (Wildman–Crippen MR) is 122 cm³/mol. The molecule has 8 rings (SSSR count). The second-order valence-corrected chi connectivity index (χ2v) is 10.2. The number of anilines is 3. The Morgan fingerprint density at radius 3 is 2.53 bits per heavy atom. The number of aromatic amines is 1. The molecule has 3 aliphatic heterocycles. The lowest BCUT2D eigenvalue weighted by molar-refractivity contribution is -0.935. The second kappa shape index (κ2) is 7.43. The van der Waals surface area contributed by atoms with E-state index in [4.69, 9.17) is 10.7 Å². The molecule has 0 saturated heterocycles. The summed E-state index contributed by atoms with van der Waals surface area (Å²) in [4.78, 5) is 24.7. The molecule has 1 atom stereocenters. The monoisotopic (exact) mass is 437 g/mol. The van der Waals surface area contributed by atoms with E-state index in [-0.39, 0.29) is 6.03 Å². The van der Waals surface area contributed by atoms with Crippen molar-refractivity contribution >= 4 is 23.6 Å². The Kier molecular flexibility index (Phi) is 4.64. The Bertz CT molecular complexity index is 1000. The molecule has 1 unspecified atom stereocenters. The zero-order valence-corrected chi connectivity index (χ0v) is 18.7. The molecular formula is C23H33N8O+. The Hall–Kier alpha value is -2.68. The van der Waals surface area contributed by atoms with Gasteiger partial charge in [-0.25, -0.2) is 14.3 Å². The van der Waals surface area contributed by atoms with Crippen molar-refractivity contribution in [3.05, 3.63) is 24.0 Å². The number of primary amides is 1. The molecule has 3 saturated carbocycles. The van der Waals surface area contributed by atoms with Gasteiger partial charge in [-0.15, -0.1) is 0 Å². The quantitative estimate of drug-likeness (QED) is 0.590. The number of hydrogen-bond donors (Lipinski definition) is 3. The van der Waals surface area contributed by atoms with Crippen LogP contribution in [-0.2, 0) is 0 Å². The molecule has 170 valence electrons. The van der Waals surface area contributed by atoms with Gasteiger partial charge in [-0.1, -0.05) is 0 Å². The van der Waals surface area contributed by atoms with Crippen molar-refractivity contribution in [2.45, 2.75) is 87.9 Å². The Morgan fingerprint density at radius 2 is 1.84 bits per heavy atom. The third-order valence-electron chi connectivity index (χ3n) is 8.85. The maximum atomic E-state index is 13.2. The van der Waals surface area contributed by atoms with Crippen LogP contribution in [0.2, 0.25) is 0 Å². The number of nitrogens with zero attached hydrogens (tertiary/aromatic N) is 5. The minimum Gasteiger partial charge on any atom is -0.341 e. The number of carbonyl (C=O) groups is 1. The summed E-state index contributed by atoms with van der Waals surface area (Å²) in [6.07, 6.45) is 11.4. The molecule has 32 heavy (non-hydrogen) atoms. The third kappa shape index (κ3) is 2.93. The molecule has 0 aromatic carbocycles. The third-order valence-corrected chi connectivity index (χ3v) is 8.85. The molecule has 9 heteroatoms. The number of rotatable bonds is 1. The van der Waals surface area contributed by atoms with Crippen molar-refractivity contribution in [3.63, 3.8) is 0 Å². The van der Waals surface area contributed by atoms with Crippen LogP contribution in [-0.4, -0.2) is 61.9 Å². The summed E-state index contributed by atoms with van der Waals surface area (Å²) >= 11 is 0. The van der Waals surface area contributed by atoms with E-state index < -0.39 is 0 Å². The highest BCUT2D eigenvalue weighted by atomic mass is 16.2. The van der Waals surface area contributed by atoms with Crippen molar-refractivity contribution in [3.8, 4) is 0 Å². The second-order valence-electron chi connectivity index (χ2n) is 10.2. The van der Waals surface area contributed by atoms with E-state index in [0.29, 0.717) is 34.6 Å². The first-order valence-corrected chi connectivity index (χ1v) is 12.1. The van der Waals surface area contributed by atoms with Crippen molar-refractivity contribution < 1.29 is 9.28 Å². The summed E-state index contributed by atoms with van der Waals surface area (Å²) in [6.45, 7) is 0. The molecule has 6 aliphatic rings. The Balaban J connectivity index is 1.39. The van der Waals surface area contributed by atoms with E-state index in [9.17, 15) is 4.79 Å². The highest BCUT2D eigenvalue weighted by Crippen LogP contribution is 2.50. The smallest absolute Gasteiger partial charge is 0.341 e. The number of hydrogen-bond acceptors (Lipinski definition) is 6. The van der Waals surface area contributed by atoms with Gasteiger partial charge in [0.1, 0.15) is 5.82 Å². The molecule has 9 nitrogen and oxygen atoms in total. The summed E-state index contributed by atoms with van der Waals surface area (Å²) in [5, 5.41) is 11.0. The summed E-state index contributed by atoms with van der Waals surface area (Å²) in [7, 11) is 2.08. The molecule has 0 radical (unpaired) electrons. The maximum absolute atomic E-state index is 13.2. The first kappa shape index (κ1) is 20.0. The van der Waals surface area contributed by atoms with Crippen LogP contribution in [0.1, 0.15) is 69.4 Å². The summed E-state index contributed by atoms with van der Waals surface area (Å²) in [6, 6.07) is 5.28. The van der Waals surface area contributed by atoms with Crippen molar-refractivity contribution in [2.24, 2.45) is 5.73 Å². The maximum Gasteiger partial charge on any atom is 0.414 e. The number of aromatic nitrogens is 4. The van der Waals surface area contributed by atoms with Crippen molar-refractivity contribution in [1.29, 1.82) is 0 Å². The number of amides is 2. The molecule has 4 N–H and O–H groups in total. The number of urea groups is 1. The molecule has 2 aromatic rings. The summed E-state index contributed by atoms with van der Waals surface area (Å²) in [5.41, 5.74) is 7.40. The number of nitrogens with one attached hydrogen (secondary N) is 2. The molecule has 2 amide bonds. The molecular weight excluding hydrogens is 404 g/mol. The zero-order valence-electron chi connectivity index (χ0n) is 18.7. The minimum absolute atomic E-state index is 0.0981. The Morgan fingerprint density at radius 1 is 1.09 bits per heavy atom. The van der Waals surface area contributed by atoms with Gasteiger partial charge in [-0.05, 0) is 25.3 Å². The van der Waals surface area contributed by atoms with Crippen molar-refractivity contribution in [1.82, 2.24) is 20.2 Å². The van der Waals surface area contributed by atoms with Gasteiger partial charge >= 0.3 is 6.03 Å². The molecule has 3 aliphatic carbocycles. The topological polar surface area (TPSA) is 113 Å². The van der Waals surface area contributed by atoms with Crippen LogP contribution in [0.3, 0.4) is 0 Å². The van der Waals surface area contributed by atoms with E-state index in [0.717, 1.165) is 74.6 Å². The van der Waals surface area contributed by atoms with Gasteiger partial charge < -0.3 is 16.0 Å². The fourth-order valence-corrected chi connectivity index (χ4v) is 6.80. The highest BCUT2D eigenvalue weighted by Gasteiger charge is 2.60. The number of fused-ring (bicyclic) bond motifs is 1. The average molecular weight is 438 g/mol. The van der Waals surface area contributed by atoms with Crippen molar-refractivity contribution in [2.75, 3.05) is 17.3 Å². The van der Waals surface area contributed by atoms with Gasteiger partial charge in [-0.3, -0.25) is 5.10 Å². The van der Waals surface area contributed by atoms with Crippen LogP contribution in [0.4, 0.5) is 22.4 Å². The fraction of sp³-hybridized carbons (Fsp3) is 0.652. The molecule has 0 spiro atoms. The van der Waals surface area contributed by atoms with E-state index in [1.165, 1.54) is 6.42 Å². The van der Waals surface area contributed by atoms with E-state index in [1.807, 2.05) is 6.07 Å². The number of quaternary nitrogens is 1. The molecule has 8 bridgehead atoms. The minimum atomic E-state index is -0.0981. The van der Waals surface area contributed by atoms with E-state index >= 15 is 0 Å². The van der Waals surface area contributed by atoms with E-state index in [2.05, 4.69) is 38.5 Å². The summed E-state index contributed by atoms with van der Waals surface area (Å²) < 4.78 is 0.526. The van der Waals surface area contributed by atoms with Crippen LogP contribution < -0.4 is 16.0 Å². The predicted octanol–water partition coefficient (Wildman–Crippen LogP) is 3.40. The van der Waals surface area contributed by atoms with Crippen LogP contribution in [0.25, 0.3) is 0 Å². The molecule has 5 heterocycles. The largest absolute Gasteiger partial charge is 0.414 e. The normalized spacial score (nSPS) is 34.3. The lowest BCUT2D eigenvalue weighted by atomic mass is 9.71. The number of nitrogens with two attached hydrogens (primary N) is 1. The number of carbonyl (C=O) groups excluding carboxylic acids is 1. The average Bonchev–Trinajstić information content (AvgIpc) is 3.17. The van der Waals surface area contributed by atoms with Crippen LogP contribution in [0.5, 0.6) is 0 Å². The van der Waals surface area contributed by atoms with Gasteiger partial charge in [-0.2, -0.15) is 10.1 Å². The van der Waals surface area contributed by atoms with Crippen LogP contribution in [0.15, 0.2) is 18.3 Å². The lowest BCUT2D eigenvalue weighted by Crippen LogP contribution is -2.75. The standard InChI is InChI=1S/C23H32N8O/c1-30-15-5-7-17(8-6-15)31(22(24)32,16-3-2-4-16)18-11-14(12-18)19-13-21(29-28-19)26-20-9-10-25-23(30)27-20/h9-10,13-18H,2-8,11-12H2,1H3,(H3-,24,25,26,27,28,29,32)/p+1. The molecule has 2 aromatic heterocycles. The van der Waals surface area contributed by atoms with Gasteiger partial charge in [0.25, 0.3) is 0 Å². The molecule has 3 fully saturated rings. The first-order chi connectivity index (χ1) is 15.6.